The number of ketones is 1. The second kappa shape index (κ2) is 4.58. The van der Waals surface area contributed by atoms with Crippen LogP contribution < -0.4 is 0 Å². The Balaban J connectivity index is 2.01. The van der Waals surface area contributed by atoms with Crippen LogP contribution in [-0.2, 0) is 0 Å². The number of allylic oxidation sites excluding steroid dienone is 2. The monoisotopic (exact) mass is 221 g/mol. The third kappa shape index (κ3) is 2.66. The molecule has 1 aromatic rings. The SMILES string of the molecule is O=C(CC1CC=CC1)c1cncc(Cl)c1. The molecule has 0 radical (unpaired) electrons. The number of pyridine rings is 1. The molecule has 0 amide bonds. The predicted octanol–water partition coefficient (Wildman–Crippen LogP) is 3.27. The van der Waals surface area contributed by atoms with E-state index in [1.807, 2.05) is 0 Å². The van der Waals surface area contributed by atoms with Gasteiger partial charge in [0, 0.05) is 24.4 Å². The van der Waals surface area contributed by atoms with Crippen LogP contribution >= 0.6 is 11.6 Å². The summed E-state index contributed by atoms with van der Waals surface area (Å²) in [5, 5.41) is 0.519. The molecule has 2 nitrogen and oxygen atoms in total. The molecule has 0 aliphatic heterocycles. The average Bonchev–Trinajstić information content (AvgIpc) is 2.70. The molecule has 0 spiro atoms. The van der Waals surface area contributed by atoms with Crippen LogP contribution in [-0.4, -0.2) is 10.8 Å². The molecule has 0 N–H and O–H groups in total. The standard InChI is InChI=1S/C12H12ClNO/c13-11-6-10(7-14-8-11)12(15)5-9-3-1-2-4-9/h1-2,6-9H,3-5H2. The molecule has 0 fully saturated rings. The molecule has 2 rings (SSSR count). The zero-order chi connectivity index (χ0) is 10.7. The third-order valence-corrected chi connectivity index (χ3v) is 2.81. The van der Waals surface area contributed by atoms with Crippen molar-refractivity contribution in [2.45, 2.75) is 19.3 Å². The van der Waals surface area contributed by atoms with Crippen LogP contribution in [0.25, 0.3) is 0 Å². The molecule has 1 aliphatic rings. The van der Waals surface area contributed by atoms with Crippen LogP contribution in [0.1, 0.15) is 29.6 Å². The summed E-state index contributed by atoms with van der Waals surface area (Å²) in [6.45, 7) is 0. The van der Waals surface area contributed by atoms with Crippen LogP contribution in [0.5, 0.6) is 0 Å². The van der Waals surface area contributed by atoms with E-state index < -0.39 is 0 Å². The number of Topliss-reactive ketones (excluding diaryl/α,β-unsaturated/α-hetero) is 1. The Kier molecular flexibility index (Phi) is 3.17. The molecular weight excluding hydrogens is 210 g/mol. The largest absolute Gasteiger partial charge is 0.294 e. The molecule has 0 unspecified atom stereocenters. The van der Waals surface area contributed by atoms with E-state index >= 15 is 0 Å². The van der Waals surface area contributed by atoms with E-state index in [4.69, 9.17) is 11.6 Å². The molecule has 3 heteroatoms. The zero-order valence-electron chi connectivity index (χ0n) is 8.32. The maximum absolute atomic E-state index is 11.8. The quantitative estimate of drug-likeness (QED) is 0.579. The first-order valence-electron chi connectivity index (χ1n) is 5.04. The van der Waals surface area contributed by atoms with E-state index in [1.54, 1.807) is 12.3 Å². The van der Waals surface area contributed by atoms with Crippen LogP contribution in [0.2, 0.25) is 5.02 Å². The van der Waals surface area contributed by atoms with E-state index in [1.165, 1.54) is 6.20 Å². The highest BCUT2D eigenvalue weighted by molar-refractivity contribution is 6.30. The number of hydrogen-bond donors (Lipinski definition) is 0. The minimum atomic E-state index is 0.138. The van der Waals surface area contributed by atoms with E-state index in [2.05, 4.69) is 17.1 Å². The van der Waals surface area contributed by atoms with Crippen molar-refractivity contribution in [2.75, 3.05) is 0 Å². The Morgan fingerprint density at radius 3 is 2.80 bits per heavy atom. The van der Waals surface area contributed by atoms with E-state index in [0.717, 1.165) is 12.8 Å². The molecule has 0 saturated carbocycles. The highest BCUT2D eigenvalue weighted by Gasteiger charge is 2.16. The first-order chi connectivity index (χ1) is 7.25. The summed E-state index contributed by atoms with van der Waals surface area (Å²) in [6.07, 6.45) is 10.0. The van der Waals surface area contributed by atoms with E-state index in [0.29, 0.717) is 22.9 Å². The smallest absolute Gasteiger partial charge is 0.164 e. The lowest BCUT2D eigenvalue weighted by Gasteiger charge is -2.07. The van der Waals surface area contributed by atoms with Gasteiger partial charge in [0.05, 0.1) is 5.02 Å². The topological polar surface area (TPSA) is 30.0 Å². The summed E-state index contributed by atoms with van der Waals surface area (Å²) in [5.74, 6) is 0.607. The highest BCUT2D eigenvalue weighted by Crippen LogP contribution is 2.23. The van der Waals surface area contributed by atoms with Crippen molar-refractivity contribution >= 4 is 17.4 Å². The lowest BCUT2D eigenvalue weighted by atomic mass is 9.97. The molecule has 1 heterocycles. The lowest BCUT2D eigenvalue weighted by molar-refractivity contribution is 0.0963. The number of rotatable bonds is 3. The van der Waals surface area contributed by atoms with Gasteiger partial charge in [-0.15, -0.1) is 0 Å². The van der Waals surface area contributed by atoms with Crippen LogP contribution in [0, 0.1) is 5.92 Å². The van der Waals surface area contributed by atoms with Crippen LogP contribution in [0.4, 0.5) is 0 Å². The third-order valence-electron chi connectivity index (χ3n) is 2.61. The number of carbonyl (C=O) groups excluding carboxylic acids is 1. The second-order valence-corrected chi connectivity index (χ2v) is 4.26. The van der Waals surface area contributed by atoms with Gasteiger partial charge in [-0.25, -0.2) is 0 Å². The van der Waals surface area contributed by atoms with Crippen molar-refractivity contribution in [3.63, 3.8) is 0 Å². The summed E-state index contributed by atoms with van der Waals surface area (Å²) in [7, 11) is 0. The van der Waals surface area contributed by atoms with Crippen molar-refractivity contribution in [3.05, 3.63) is 41.2 Å². The van der Waals surface area contributed by atoms with Gasteiger partial charge in [-0.3, -0.25) is 9.78 Å². The summed E-state index contributed by atoms with van der Waals surface area (Å²) in [4.78, 5) is 15.7. The first kappa shape index (κ1) is 10.4. The highest BCUT2D eigenvalue weighted by atomic mass is 35.5. The van der Waals surface area contributed by atoms with Gasteiger partial charge in [-0.05, 0) is 24.8 Å². The molecule has 0 aromatic carbocycles. The fourth-order valence-electron chi connectivity index (χ4n) is 1.78. The maximum Gasteiger partial charge on any atom is 0.164 e. The van der Waals surface area contributed by atoms with Gasteiger partial charge in [0.1, 0.15) is 0 Å². The summed E-state index contributed by atoms with van der Waals surface area (Å²) < 4.78 is 0. The van der Waals surface area contributed by atoms with E-state index in [-0.39, 0.29) is 5.78 Å². The minimum Gasteiger partial charge on any atom is -0.294 e. The molecule has 1 aliphatic carbocycles. The summed E-state index contributed by atoms with van der Waals surface area (Å²) in [5.41, 5.74) is 0.620. The Morgan fingerprint density at radius 2 is 2.13 bits per heavy atom. The molecule has 78 valence electrons. The second-order valence-electron chi connectivity index (χ2n) is 3.83. The average molecular weight is 222 g/mol. The van der Waals surface area contributed by atoms with Crippen molar-refractivity contribution in [3.8, 4) is 0 Å². The number of nitrogens with zero attached hydrogens (tertiary/aromatic N) is 1. The Labute approximate surface area is 94.0 Å². The number of hydrogen-bond acceptors (Lipinski definition) is 2. The lowest BCUT2D eigenvalue weighted by Crippen LogP contribution is -2.06. The van der Waals surface area contributed by atoms with Gasteiger partial charge >= 0.3 is 0 Å². The predicted molar refractivity (Wildman–Crippen MR) is 60.1 cm³/mol. The van der Waals surface area contributed by atoms with Gasteiger partial charge in [0.2, 0.25) is 0 Å². The molecule has 15 heavy (non-hydrogen) atoms. The fourth-order valence-corrected chi connectivity index (χ4v) is 1.96. The number of carbonyl (C=O) groups is 1. The summed E-state index contributed by atoms with van der Waals surface area (Å²) in [6, 6.07) is 1.68. The van der Waals surface area contributed by atoms with Crippen LogP contribution in [0.3, 0.4) is 0 Å². The van der Waals surface area contributed by atoms with Crippen molar-refractivity contribution < 1.29 is 4.79 Å². The maximum atomic E-state index is 11.8. The Bertz CT molecular complexity index is 392. The first-order valence-corrected chi connectivity index (χ1v) is 5.42. The molecule has 0 atom stereocenters. The zero-order valence-corrected chi connectivity index (χ0v) is 9.07. The Hall–Kier alpha value is -1.15. The minimum absolute atomic E-state index is 0.138. The summed E-state index contributed by atoms with van der Waals surface area (Å²) >= 11 is 5.78. The molecule has 1 aromatic heterocycles. The molecule has 0 bridgehead atoms. The van der Waals surface area contributed by atoms with E-state index in [9.17, 15) is 4.79 Å². The van der Waals surface area contributed by atoms with Gasteiger partial charge in [0.15, 0.2) is 5.78 Å². The van der Waals surface area contributed by atoms with Crippen molar-refractivity contribution in [1.82, 2.24) is 4.98 Å². The fraction of sp³-hybridized carbons (Fsp3) is 0.333. The van der Waals surface area contributed by atoms with Crippen molar-refractivity contribution in [2.24, 2.45) is 5.92 Å². The number of halogens is 1. The number of aromatic nitrogens is 1. The van der Waals surface area contributed by atoms with Crippen LogP contribution in [0.15, 0.2) is 30.6 Å². The Morgan fingerprint density at radius 1 is 1.40 bits per heavy atom. The van der Waals surface area contributed by atoms with Gasteiger partial charge in [0.25, 0.3) is 0 Å². The molecule has 0 saturated heterocycles. The normalized spacial score (nSPS) is 15.8. The van der Waals surface area contributed by atoms with Gasteiger partial charge in [-0.1, -0.05) is 23.8 Å². The molecular formula is C12H12ClNO. The van der Waals surface area contributed by atoms with Gasteiger partial charge in [-0.2, -0.15) is 0 Å². The van der Waals surface area contributed by atoms with Gasteiger partial charge < -0.3 is 0 Å². The van der Waals surface area contributed by atoms with Crippen molar-refractivity contribution in [1.29, 1.82) is 0 Å².